The fourth-order valence-corrected chi connectivity index (χ4v) is 14.6. The van der Waals surface area contributed by atoms with Gasteiger partial charge >= 0.3 is 0 Å². The molecule has 9 aromatic carbocycles. The van der Waals surface area contributed by atoms with Crippen LogP contribution < -0.4 is 35.1 Å². The van der Waals surface area contributed by atoms with Gasteiger partial charge in [-0.1, -0.05) is 172 Å². The standard InChI is InChI=1S/C71H64BN3OS/c1-68(2,3)47-31-35-50(36-32-47)74-59-42-57-63(76-62-28-20-19-27-54(62)71(57,8)9)44-58(59)72-65-60(74)39-52(73(48-23-15-11-16-24-48)49-25-17-12-18-26-49)40-61(65)75(51-33-29-46(30-34-51)45-21-13-10-14-22-45)66-53-41-55-56(43-64(53)77-67(66)72)70(6,7)38-37-69(55,4)5/h10-36,39-44H,37-38H2,1-9H3. The van der Waals surface area contributed by atoms with Gasteiger partial charge in [-0.05, 0) is 159 Å². The van der Waals surface area contributed by atoms with E-state index >= 15 is 0 Å². The number of hydrogen-bond donors (Lipinski definition) is 0. The summed E-state index contributed by atoms with van der Waals surface area (Å²) in [5, 5.41) is 1.31. The third-order valence-electron chi connectivity index (χ3n) is 17.7. The van der Waals surface area contributed by atoms with E-state index in [4.69, 9.17) is 4.74 Å². The molecule has 0 radical (unpaired) electrons. The molecule has 4 nitrogen and oxygen atoms in total. The highest BCUT2D eigenvalue weighted by molar-refractivity contribution is 7.33. The van der Waals surface area contributed by atoms with Crippen molar-refractivity contribution in [2.45, 2.75) is 96.8 Å². The molecule has 0 fully saturated rings. The van der Waals surface area contributed by atoms with Gasteiger partial charge < -0.3 is 19.4 Å². The van der Waals surface area contributed by atoms with Gasteiger partial charge in [0.25, 0.3) is 6.71 Å². The van der Waals surface area contributed by atoms with Gasteiger partial charge in [0.15, 0.2) is 0 Å². The molecule has 0 N–H and O–H groups in total. The van der Waals surface area contributed by atoms with Crippen LogP contribution in [0.1, 0.15) is 103 Å². The predicted octanol–water partition coefficient (Wildman–Crippen LogP) is 18.2. The number of ether oxygens (including phenoxy) is 1. The Bertz CT molecular complexity index is 3930. The molecular formula is C71H64BN3OS. The molecule has 3 aliphatic heterocycles. The molecule has 0 saturated heterocycles. The highest BCUT2D eigenvalue weighted by Crippen LogP contribution is 2.56. The van der Waals surface area contributed by atoms with Crippen molar-refractivity contribution < 1.29 is 4.74 Å². The maximum Gasteiger partial charge on any atom is 0.264 e. The van der Waals surface area contributed by atoms with Gasteiger partial charge in [0.05, 0.1) is 11.4 Å². The Kier molecular flexibility index (Phi) is 10.6. The van der Waals surface area contributed by atoms with Crippen molar-refractivity contribution in [1.82, 2.24) is 0 Å². The van der Waals surface area contributed by atoms with Gasteiger partial charge in [-0.3, -0.25) is 0 Å². The summed E-state index contributed by atoms with van der Waals surface area (Å²) in [7, 11) is 0. The maximum atomic E-state index is 7.12. The maximum absolute atomic E-state index is 7.12. The molecule has 6 heteroatoms. The lowest BCUT2D eigenvalue weighted by atomic mass is 9.36. The van der Waals surface area contributed by atoms with Gasteiger partial charge in [-0.2, -0.15) is 0 Å². The topological polar surface area (TPSA) is 19.0 Å². The molecule has 77 heavy (non-hydrogen) atoms. The highest BCUT2D eigenvalue weighted by atomic mass is 32.1. The minimum Gasteiger partial charge on any atom is -0.457 e. The van der Waals surface area contributed by atoms with E-state index in [1.807, 2.05) is 11.3 Å². The van der Waals surface area contributed by atoms with E-state index in [1.165, 1.54) is 87.5 Å². The minimum absolute atomic E-state index is 0.0139. The first-order chi connectivity index (χ1) is 37.0. The summed E-state index contributed by atoms with van der Waals surface area (Å²) in [6.07, 6.45) is 2.31. The summed E-state index contributed by atoms with van der Waals surface area (Å²) in [5.74, 6) is 1.85. The third-order valence-corrected chi connectivity index (χ3v) is 18.9. The van der Waals surface area contributed by atoms with Crippen LogP contribution in [0, 0.1) is 0 Å². The van der Waals surface area contributed by atoms with Crippen LogP contribution in [0.15, 0.2) is 200 Å². The SMILES string of the molecule is CC(C)(C)c1ccc(N2c3cc4c(cc3B3c5sc6cc7c(cc6c5N(c5ccc(-c6ccccc6)cc5)c5cc(N(c6ccccc6)c6ccccc6)cc2c53)C(C)(C)CCC7(C)C)Oc2ccccc2C4(C)C)cc1. The summed E-state index contributed by atoms with van der Waals surface area (Å²) in [4.78, 5) is 7.68. The van der Waals surface area contributed by atoms with E-state index in [0.29, 0.717) is 0 Å². The van der Waals surface area contributed by atoms with Crippen molar-refractivity contribution >= 4 is 95.0 Å². The first-order valence-electron chi connectivity index (χ1n) is 27.6. The van der Waals surface area contributed by atoms with Gasteiger partial charge in [0, 0.05) is 71.2 Å². The van der Waals surface area contributed by atoms with Crippen molar-refractivity contribution in [2.75, 3.05) is 14.7 Å². The van der Waals surface area contributed by atoms with Crippen LogP contribution in [0.5, 0.6) is 11.5 Å². The van der Waals surface area contributed by atoms with Crippen LogP contribution >= 0.6 is 11.3 Å². The molecule has 1 aromatic heterocycles. The van der Waals surface area contributed by atoms with E-state index < -0.39 is 0 Å². The molecule has 1 aliphatic carbocycles. The summed E-state index contributed by atoms with van der Waals surface area (Å²) < 4.78 is 9.81. The van der Waals surface area contributed by atoms with Crippen molar-refractivity contribution in [3.8, 4) is 22.6 Å². The summed E-state index contributed by atoms with van der Waals surface area (Å²) in [5.41, 5.74) is 21.6. The molecule has 0 spiro atoms. The fraction of sp³-hybridized carbons (Fsp3) is 0.211. The lowest BCUT2D eigenvalue weighted by Crippen LogP contribution is -2.60. The molecular weight excluding hydrogens is 954 g/mol. The zero-order chi connectivity index (χ0) is 52.8. The molecule has 0 atom stereocenters. The smallest absolute Gasteiger partial charge is 0.264 e. The largest absolute Gasteiger partial charge is 0.457 e. The van der Waals surface area contributed by atoms with Gasteiger partial charge in [0.2, 0.25) is 0 Å². The normalized spacial score (nSPS) is 16.1. The van der Waals surface area contributed by atoms with Crippen molar-refractivity contribution in [2.24, 2.45) is 0 Å². The van der Waals surface area contributed by atoms with E-state index in [0.717, 1.165) is 52.8 Å². The fourth-order valence-electron chi connectivity index (χ4n) is 13.3. The highest BCUT2D eigenvalue weighted by Gasteiger charge is 2.48. The average molecular weight is 1020 g/mol. The number of anilines is 9. The third kappa shape index (κ3) is 7.46. The second kappa shape index (κ2) is 17.1. The molecule has 0 unspecified atom stereocenters. The molecule has 0 saturated carbocycles. The van der Waals surface area contributed by atoms with Crippen LogP contribution in [0.3, 0.4) is 0 Å². The second-order valence-corrected chi connectivity index (χ2v) is 25.9. The van der Waals surface area contributed by atoms with Crippen LogP contribution in [0.2, 0.25) is 0 Å². The Morgan fingerprint density at radius 2 is 1.04 bits per heavy atom. The number of hydrogen-bond acceptors (Lipinski definition) is 5. The lowest BCUT2D eigenvalue weighted by molar-refractivity contribution is 0.332. The van der Waals surface area contributed by atoms with Crippen LogP contribution in [-0.2, 0) is 21.7 Å². The van der Waals surface area contributed by atoms with Gasteiger partial charge in [-0.15, -0.1) is 11.3 Å². The number of para-hydroxylation sites is 3. The number of rotatable bonds is 6. The molecule has 4 heterocycles. The Labute approximate surface area is 459 Å². The zero-order valence-electron chi connectivity index (χ0n) is 45.7. The monoisotopic (exact) mass is 1020 g/mol. The zero-order valence-corrected chi connectivity index (χ0v) is 46.5. The number of thiophene rings is 1. The van der Waals surface area contributed by atoms with E-state index in [-0.39, 0.29) is 28.4 Å². The van der Waals surface area contributed by atoms with E-state index in [9.17, 15) is 0 Å². The predicted molar refractivity (Wildman–Crippen MR) is 329 cm³/mol. The van der Waals surface area contributed by atoms with E-state index in [1.54, 1.807) is 0 Å². The minimum atomic E-state index is -0.331. The van der Waals surface area contributed by atoms with Gasteiger partial charge in [-0.25, -0.2) is 0 Å². The first-order valence-corrected chi connectivity index (χ1v) is 28.4. The van der Waals surface area contributed by atoms with Crippen LogP contribution in [0.25, 0.3) is 21.2 Å². The Hall–Kier alpha value is -7.80. The van der Waals surface area contributed by atoms with Crippen LogP contribution in [0.4, 0.5) is 51.2 Å². The molecule has 14 rings (SSSR count). The first kappa shape index (κ1) is 47.6. The number of nitrogens with zero attached hydrogens (tertiary/aromatic N) is 3. The molecule has 0 bridgehead atoms. The lowest BCUT2D eigenvalue weighted by Gasteiger charge is -2.45. The Balaban J connectivity index is 1.13. The summed E-state index contributed by atoms with van der Waals surface area (Å²) in [6, 6.07) is 75.1. The Morgan fingerprint density at radius 3 is 1.68 bits per heavy atom. The Morgan fingerprint density at radius 1 is 0.494 bits per heavy atom. The average Bonchev–Trinajstić information content (AvgIpc) is 3.97. The van der Waals surface area contributed by atoms with Gasteiger partial charge in [0.1, 0.15) is 11.5 Å². The second-order valence-electron chi connectivity index (χ2n) is 24.8. The molecule has 10 aromatic rings. The number of benzene rings is 9. The molecule has 0 amide bonds. The summed E-state index contributed by atoms with van der Waals surface area (Å²) >= 11 is 1.99. The van der Waals surface area contributed by atoms with E-state index in [2.05, 4.69) is 277 Å². The number of fused-ring (bicyclic) bond motifs is 9. The van der Waals surface area contributed by atoms with Crippen molar-refractivity contribution in [3.63, 3.8) is 0 Å². The van der Waals surface area contributed by atoms with Crippen LogP contribution in [-0.4, -0.2) is 6.71 Å². The quantitative estimate of drug-likeness (QED) is 0.155. The summed E-state index contributed by atoms with van der Waals surface area (Å²) in [6.45, 7) is 21.4. The molecule has 378 valence electrons. The van der Waals surface area contributed by atoms with Crippen molar-refractivity contribution in [1.29, 1.82) is 0 Å². The van der Waals surface area contributed by atoms with Crippen molar-refractivity contribution in [3.05, 3.63) is 228 Å². The molecule has 4 aliphatic rings.